The van der Waals surface area contributed by atoms with Crippen LogP contribution in [0.25, 0.3) is 0 Å². The lowest BCUT2D eigenvalue weighted by molar-refractivity contribution is -0.126. The molecule has 3 heterocycles. The van der Waals surface area contributed by atoms with Gasteiger partial charge in [0.1, 0.15) is 5.57 Å². The standard InChI is InChI=1S/C15H16N4O2/c1-3-6-10-13-14(21)16-15(13)18(9(2)20)11-7-4-5-8-12(11)19(15)17-10/h4-5,7-8,17H,3,6H2,1-2H3,(H,16,21). The number of nitrogens with one attached hydrogen (secondary N) is 2. The van der Waals surface area contributed by atoms with Crippen LogP contribution in [0.3, 0.4) is 0 Å². The van der Waals surface area contributed by atoms with Gasteiger partial charge in [-0.2, -0.15) is 0 Å². The predicted octanol–water partition coefficient (Wildman–Crippen LogP) is 1.22. The Morgan fingerprint density at radius 1 is 1.29 bits per heavy atom. The van der Waals surface area contributed by atoms with Gasteiger partial charge in [-0.1, -0.05) is 25.5 Å². The lowest BCUT2D eigenvalue weighted by atomic mass is 9.94. The molecule has 3 aliphatic heterocycles. The molecule has 1 aromatic rings. The summed E-state index contributed by atoms with van der Waals surface area (Å²) in [5.74, 6) is -1.08. The van der Waals surface area contributed by atoms with Crippen LogP contribution in [0.1, 0.15) is 26.7 Å². The van der Waals surface area contributed by atoms with Crippen molar-refractivity contribution in [1.29, 1.82) is 0 Å². The van der Waals surface area contributed by atoms with E-state index in [4.69, 9.17) is 0 Å². The van der Waals surface area contributed by atoms with Gasteiger partial charge in [-0.05, 0) is 18.6 Å². The first-order valence-electron chi connectivity index (χ1n) is 7.14. The van der Waals surface area contributed by atoms with Crippen molar-refractivity contribution >= 4 is 23.2 Å². The highest BCUT2D eigenvalue weighted by Crippen LogP contribution is 2.53. The van der Waals surface area contributed by atoms with Crippen LogP contribution in [0, 0.1) is 0 Å². The quantitative estimate of drug-likeness (QED) is 0.801. The number of β-lactam (4-membered cyclic amide) rings is 1. The lowest BCUT2D eigenvalue weighted by Gasteiger charge is -2.46. The molecule has 0 saturated carbocycles. The number of amides is 2. The minimum absolute atomic E-state index is 0.0954. The molecule has 1 atom stereocenters. The van der Waals surface area contributed by atoms with Gasteiger partial charge in [0.2, 0.25) is 5.91 Å². The zero-order valence-corrected chi connectivity index (χ0v) is 11.9. The second-order valence-electron chi connectivity index (χ2n) is 5.52. The van der Waals surface area contributed by atoms with Crippen LogP contribution < -0.4 is 20.7 Å². The number of fused-ring (bicyclic) bond motifs is 2. The largest absolute Gasteiger partial charge is 0.306 e. The van der Waals surface area contributed by atoms with Gasteiger partial charge in [0.25, 0.3) is 11.7 Å². The van der Waals surface area contributed by atoms with E-state index in [9.17, 15) is 9.59 Å². The zero-order valence-electron chi connectivity index (χ0n) is 11.9. The summed E-state index contributed by atoms with van der Waals surface area (Å²) in [6, 6.07) is 7.66. The molecule has 1 saturated heterocycles. The number of carbonyl (C=O) groups is 2. The highest BCUT2D eigenvalue weighted by atomic mass is 16.2. The molecule has 21 heavy (non-hydrogen) atoms. The Bertz CT molecular complexity index is 711. The number of hydrogen-bond donors (Lipinski definition) is 2. The van der Waals surface area contributed by atoms with Crippen LogP contribution in [0.2, 0.25) is 0 Å². The van der Waals surface area contributed by atoms with Gasteiger partial charge < -0.3 is 5.32 Å². The SMILES string of the molecule is CCCC1=C2C(=O)NC23N(N1)c1ccccc1N3C(C)=O. The average Bonchev–Trinajstić information content (AvgIpc) is 2.84. The monoisotopic (exact) mass is 284 g/mol. The number of nitrogens with zero attached hydrogens (tertiary/aromatic N) is 2. The molecule has 6 heteroatoms. The Morgan fingerprint density at radius 2 is 2.00 bits per heavy atom. The molecule has 3 aliphatic rings. The Hall–Kier alpha value is -2.50. The topological polar surface area (TPSA) is 64.7 Å². The summed E-state index contributed by atoms with van der Waals surface area (Å²) in [6.07, 6.45) is 1.72. The fourth-order valence-electron chi connectivity index (χ4n) is 3.51. The summed E-state index contributed by atoms with van der Waals surface area (Å²) in [5, 5.41) is 4.81. The van der Waals surface area contributed by atoms with Crippen molar-refractivity contribution in [1.82, 2.24) is 10.7 Å². The summed E-state index contributed by atoms with van der Waals surface area (Å²) < 4.78 is 0. The van der Waals surface area contributed by atoms with Crippen LogP contribution in [0.4, 0.5) is 11.4 Å². The maximum atomic E-state index is 12.2. The van der Waals surface area contributed by atoms with Gasteiger partial charge in [-0.3, -0.25) is 19.9 Å². The summed E-state index contributed by atoms with van der Waals surface area (Å²) in [6.45, 7) is 3.59. The van der Waals surface area contributed by atoms with Crippen LogP contribution >= 0.6 is 0 Å². The molecule has 4 rings (SSSR count). The third-order valence-corrected chi connectivity index (χ3v) is 4.24. The minimum atomic E-state index is -0.878. The van der Waals surface area contributed by atoms with Crippen molar-refractivity contribution < 1.29 is 9.59 Å². The summed E-state index contributed by atoms with van der Waals surface area (Å²) >= 11 is 0. The number of anilines is 2. The summed E-state index contributed by atoms with van der Waals surface area (Å²) in [4.78, 5) is 25.9. The van der Waals surface area contributed by atoms with E-state index >= 15 is 0 Å². The molecular weight excluding hydrogens is 268 g/mol. The van der Waals surface area contributed by atoms with Crippen molar-refractivity contribution in [3.63, 3.8) is 0 Å². The first-order valence-corrected chi connectivity index (χ1v) is 7.14. The smallest absolute Gasteiger partial charge is 0.259 e. The van der Waals surface area contributed by atoms with Crippen LogP contribution in [-0.4, -0.2) is 17.6 Å². The molecule has 1 spiro atoms. The predicted molar refractivity (Wildman–Crippen MR) is 78.0 cm³/mol. The number of benzene rings is 1. The van der Waals surface area contributed by atoms with E-state index in [1.165, 1.54) is 6.92 Å². The maximum absolute atomic E-state index is 12.2. The molecule has 0 bridgehead atoms. The first kappa shape index (κ1) is 12.3. The van der Waals surface area contributed by atoms with Crippen LogP contribution in [0.5, 0.6) is 0 Å². The second kappa shape index (κ2) is 3.78. The highest BCUT2D eigenvalue weighted by Gasteiger charge is 2.67. The van der Waals surface area contributed by atoms with Crippen LogP contribution in [0.15, 0.2) is 35.5 Å². The number of hydrogen-bond acceptors (Lipinski definition) is 4. The van der Waals surface area contributed by atoms with Crippen molar-refractivity contribution in [2.24, 2.45) is 0 Å². The molecule has 2 amide bonds. The molecule has 0 aromatic heterocycles. The van der Waals surface area contributed by atoms with Gasteiger partial charge in [0.05, 0.1) is 11.4 Å². The first-order chi connectivity index (χ1) is 10.1. The van der Waals surface area contributed by atoms with Gasteiger partial charge in [-0.15, -0.1) is 0 Å². The fourth-order valence-corrected chi connectivity index (χ4v) is 3.51. The molecule has 6 nitrogen and oxygen atoms in total. The second-order valence-corrected chi connectivity index (χ2v) is 5.52. The summed E-state index contributed by atoms with van der Waals surface area (Å²) in [5.41, 5.74) is 6.59. The molecule has 1 unspecified atom stereocenters. The molecule has 108 valence electrons. The van der Waals surface area contributed by atoms with E-state index in [2.05, 4.69) is 17.7 Å². The van der Waals surface area contributed by atoms with Crippen molar-refractivity contribution in [2.75, 3.05) is 9.91 Å². The van der Waals surface area contributed by atoms with Crippen molar-refractivity contribution in [2.45, 2.75) is 32.5 Å². The van der Waals surface area contributed by atoms with Gasteiger partial charge in [-0.25, -0.2) is 5.01 Å². The summed E-state index contributed by atoms with van der Waals surface area (Å²) in [7, 11) is 0. The average molecular weight is 284 g/mol. The third kappa shape index (κ3) is 1.23. The normalized spacial score (nSPS) is 25.0. The highest BCUT2D eigenvalue weighted by molar-refractivity contribution is 6.15. The molecule has 0 radical (unpaired) electrons. The fraction of sp³-hybridized carbons (Fsp3) is 0.333. The van der Waals surface area contributed by atoms with Gasteiger partial charge in [0, 0.05) is 12.6 Å². The Morgan fingerprint density at radius 3 is 2.62 bits per heavy atom. The van der Waals surface area contributed by atoms with Crippen molar-refractivity contribution in [3.05, 3.63) is 35.5 Å². The van der Waals surface area contributed by atoms with Gasteiger partial charge in [0.15, 0.2) is 0 Å². The lowest BCUT2D eigenvalue weighted by Crippen LogP contribution is -2.77. The third-order valence-electron chi connectivity index (χ3n) is 4.24. The number of hydrazine groups is 1. The number of para-hydroxylation sites is 2. The number of rotatable bonds is 2. The molecular formula is C15H16N4O2. The van der Waals surface area contributed by atoms with Gasteiger partial charge >= 0.3 is 0 Å². The van der Waals surface area contributed by atoms with E-state index < -0.39 is 5.79 Å². The maximum Gasteiger partial charge on any atom is 0.259 e. The Kier molecular flexibility index (Phi) is 2.21. The van der Waals surface area contributed by atoms with E-state index in [1.54, 1.807) is 4.90 Å². The van der Waals surface area contributed by atoms with Crippen molar-refractivity contribution in [3.8, 4) is 0 Å². The zero-order chi connectivity index (χ0) is 14.8. The molecule has 1 fully saturated rings. The van der Waals surface area contributed by atoms with E-state index in [-0.39, 0.29) is 11.8 Å². The molecule has 2 N–H and O–H groups in total. The van der Waals surface area contributed by atoms with E-state index in [0.717, 1.165) is 29.9 Å². The Balaban J connectivity index is 1.92. The molecule has 1 aromatic carbocycles. The Labute approximate surface area is 122 Å². The number of allylic oxidation sites excluding steroid dienone is 1. The van der Waals surface area contributed by atoms with Crippen LogP contribution in [-0.2, 0) is 9.59 Å². The van der Waals surface area contributed by atoms with E-state index in [0.29, 0.717) is 5.57 Å². The number of carbonyl (C=O) groups excluding carboxylic acids is 2. The molecule has 0 aliphatic carbocycles. The van der Waals surface area contributed by atoms with E-state index in [1.807, 2.05) is 29.3 Å². The minimum Gasteiger partial charge on any atom is -0.306 e.